The average molecular weight is 439 g/mol. The maximum Gasteiger partial charge on any atom is 0.0701 e. The highest BCUT2D eigenvalue weighted by Gasteiger charge is 1.95. The van der Waals surface area contributed by atoms with Crippen molar-refractivity contribution in [3.63, 3.8) is 0 Å². The lowest BCUT2D eigenvalue weighted by atomic mass is 10.2. The standard InChI is InChI=1S/C22H46O8/c1-3-4-5-6-7-8-24-11-12-26-15-16-28-19-20-30-22-21-29-18-17-27-14-13-25-10-9-23-2/h3-22H2,1-2H3. The molecule has 0 N–H and O–H groups in total. The lowest BCUT2D eigenvalue weighted by Crippen LogP contribution is -2.14. The lowest BCUT2D eigenvalue weighted by Gasteiger charge is -2.08. The summed E-state index contributed by atoms with van der Waals surface area (Å²) in [6.07, 6.45) is 6.32. The average Bonchev–Trinajstić information content (AvgIpc) is 2.76. The van der Waals surface area contributed by atoms with Crippen molar-refractivity contribution in [3.8, 4) is 0 Å². The van der Waals surface area contributed by atoms with Crippen LogP contribution in [0.3, 0.4) is 0 Å². The van der Waals surface area contributed by atoms with E-state index in [0.29, 0.717) is 92.5 Å². The molecule has 0 saturated carbocycles. The number of methoxy groups -OCH3 is 1. The van der Waals surface area contributed by atoms with Crippen molar-refractivity contribution in [1.29, 1.82) is 0 Å². The molecule has 182 valence electrons. The van der Waals surface area contributed by atoms with Crippen molar-refractivity contribution in [1.82, 2.24) is 0 Å². The Kier molecular flexibility index (Phi) is 28.4. The minimum atomic E-state index is 0.551. The number of hydrogen-bond acceptors (Lipinski definition) is 8. The second-order valence-electron chi connectivity index (χ2n) is 6.69. The first-order valence-corrected chi connectivity index (χ1v) is 11.4. The van der Waals surface area contributed by atoms with E-state index in [9.17, 15) is 0 Å². The maximum atomic E-state index is 5.54. The molecule has 0 unspecified atom stereocenters. The predicted octanol–water partition coefficient (Wildman–Crippen LogP) is 2.72. The Hall–Kier alpha value is -0.320. The molecular weight excluding hydrogens is 392 g/mol. The van der Waals surface area contributed by atoms with Gasteiger partial charge in [0.15, 0.2) is 0 Å². The quantitative estimate of drug-likeness (QED) is 0.181. The second kappa shape index (κ2) is 28.7. The van der Waals surface area contributed by atoms with E-state index >= 15 is 0 Å². The normalized spacial score (nSPS) is 11.4. The van der Waals surface area contributed by atoms with Crippen LogP contribution in [-0.4, -0.2) is 106 Å². The molecule has 0 saturated heterocycles. The third-order valence-electron chi connectivity index (χ3n) is 4.06. The Morgan fingerprint density at radius 3 is 0.967 bits per heavy atom. The smallest absolute Gasteiger partial charge is 0.0701 e. The van der Waals surface area contributed by atoms with Gasteiger partial charge < -0.3 is 37.9 Å². The first-order valence-electron chi connectivity index (χ1n) is 11.4. The second-order valence-corrected chi connectivity index (χ2v) is 6.69. The Labute approximate surface area is 183 Å². The van der Waals surface area contributed by atoms with Gasteiger partial charge in [-0.2, -0.15) is 0 Å². The highest BCUT2D eigenvalue weighted by atomic mass is 16.6. The molecule has 0 atom stereocenters. The number of rotatable bonds is 27. The minimum Gasteiger partial charge on any atom is -0.382 e. The molecule has 0 aliphatic rings. The van der Waals surface area contributed by atoms with Gasteiger partial charge in [-0.1, -0.05) is 32.6 Å². The molecule has 0 aromatic heterocycles. The van der Waals surface area contributed by atoms with Crippen LogP contribution in [0.1, 0.15) is 39.0 Å². The van der Waals surface area contributed by atoms with Gasteiger partial charge in [0.2, 0.25) is 0 Å². The Morgan fingerprint density at radius 1 is 0.333 bits per heavy atom. The summed E-state index contributed by atoms with van der Waals surface area (Å²) >= 11 is 0. The van der Waals surface area contributed by atoms with Crippen LogP contribution in [0.4, 0.5) is 0 Å². The van der Waals surface area contributed by atoms with Gasteiger partial charge in [0.05, 0.1) is 92.5 Å². The van der Waals surface area contributed by atoms with E-state index in [1.807, 2.05) is 0 Å². The van der Waals surface area contributed by atoms with Crippen LogP contribution in [0.15, 0.2) is 0 Å². The molecule has 0 aliphatic heterocycles. The van der Waals surface area contributed by atoms with Gasteiger partial charge in [-0.05, 0) is 6.42 Å². The molecule has 0 heterocycles. The minimum absolute atomic E-state index is 0.551. The van der Waals surface area contributed by atoms with Crippen LogP contribution < -0.4 is 0 Å². The molecule has 0 fully saturated rings. The molecule has 8 nitrogen and oxygen atoms in total. The predicted molar refractivity (Wildman–Crippen MR) is 116 cm³/mol. The maximum absolute atomic E-state index is 5.54. The first kappa shape index (κ1) is 29.7. The van der Waals surface area contributed by atoms with E-state index in [2.05, 4.69) is 6.92 Å². The molecule has 8 heteroatoms. The number of unbranched alkanes of at least 4 members (excludes halogenated alkanes) is 4. The first-order chi connectivity index (χ1) is 14.9. The molecular formula is C22H46O8. The van der Waals surface area contributed by atoms with Crippen molar-refractivity contribution < 1.29 is 37.9 Å². The van der Waals surface area contributed by atoms with Crippen molar-refractivity contribution in [3.05, 3.63) is 0 Å². The summed E-state index contributed by atoms with van der Waals surface area (Å²) in [4.78, 5) is 0. The highest BCUT2D eigenvalue weighted by molar-refractivity contribution is 4.42. The number of ether oxygens (including phenoxy) is 8. The van der Waals surface area contributed by atoms with Gasteiger partial charge in [-0.25, -0.2) is 0 Å². The molecule has 0 amide bonds. The van der Waals surface area contributed by atoms with E-state index in [0.717, 1.165) is 13.0 Å². The van der Waals surface area contributed by atoms with Crippen LogP contribution in [-0.2, 0) is 37.9 Å². The highest BCUT2D eigenvalue weighted by Crippen LogP contribution is 2.02. The Bertz CT molecular complexity index is 266. The molecule has 0 spiro atoms. The van der Waals surface area contributed by atoms with Crippen LogP contribution in [0.25, 0.3) is 0 Å². The summed E-state index contributed by atoms with van der Waals surface area (Å²) in [5.74, 6) is 0. The number of hydrogen-bond donors (Lipinski definition) is 0. The van der Waals surface area contributed by atoms with E-state index in [1.54, 1.807) is 7.11 Å². The third kappa shape index (κ3) is 27.7. The largest absolute Gasteiger partial charge is 0.382 e. The summed E-state index contributed by atoms with van der Waals surface area (Å²) in [5, 5.41) is 0. The lowest BCUT2D eigenvalue weighted by molar-refractivity contribution is -0.0221. The van der Waals surface area contributed by atoms with E-state index in [4.69, 9.17) is 37.9 Å². The van der Waals surface area contributed by atoms with Crippen LogP contribution in [0.2, 0.25) is 0 Å². The fourth-order valence-electron chi connectivity index (χ4n) is 2.37. The molecule has 0 aromatic rings. The van der Waals surface area contributed by atoms with Gasteiger partial charge in [0, 0.05) is 13.7 Å². The molecule has 0 aliphatic carbocycles. The van der Waals surface area contributed by atoms with Crippen molar-refractivity contribution in [2.24, 2.45) is 0 Å². The fraction of sp³-hybridized carbons (Fsp3) is 1.00. The zero-order valence-corrected chi connectivity index (χ0v) is 19.4. The fourth-order valence-corrected chi connectivity index (χ4v) is 2.37. The van der Waals surface area contributed by atoms with Gasteiger partial charge >= 0.3 is 0 Å². The van der Waals surface area contributed by atoms with Gasteiger partial charge in [-0.3, -0.25) is 0 Å². The molecule has 30 heavy (non-hydrogen) atoms. The zero-order chi connectivity index (χ0) is 21.8. The Balaban J connectivity index is 2.97. The van der Waals surface area contributed by atoms with E-state index in [-0.39, 0.29) is 0 Å². The topological polar surface area (TPSA) is 73.8 Å². The summed E-state index contributed by atoms with van der Waals surface area (Å²) < 4.78 is 42.9. The summed E-state index contributed by atoms with van der Waals surface area (Å²) in [7, 11) is 1.65. The third-order valence-corrected chi connectivity index (χ3v) is 4.06. The van der Waals surface area contributed by atoms with E-state index < -0.39 is 0 Å². The summed E-state index contributed by atoms with van der Waals surface area (Å²) in [5.41, 5.74) is 0. The van der Waals surface area contributed by atoms with Crippen molar-refractivity contribution in [2.45, 2.75) is 39.0 Å². The van der Waals surface area contributed by atoms with Crippen LogP contribution in [0, 0.1) is 0 Å². The van der Waals surface area contributed by atoms with Crippen LogP contribution in [0.5, 0.6) is 0 Å². The van der Waals surface area contributed by atoms with Crippen molar-refractivity contribution in [2.75, 3.05) is 106 Å². The summed E-state index contributed by atoms with van der Waals surface area (Å²) in [6.45, 7) is 11.2. The Morgan fingerprint density at radius 2 is 0.633 bits per heavy atom. The van der Waals surface area contributed by atoms with E-state index in [1.165, 1.54) is 25.7 Å². The van der Waals surface area contributed by atoms with Gasteiger partial charge in [0.25, 0.3) is 0 Å². The SMILES string of the molecule is CCCCCCCOCCOCCOCCOCCOCCOCCOCCOC. The molecule has 0 radical (unpaired) electrons. The molecule has 0 aromatic carbocycles. The monoisotopic (exact) mass is 438 g/mol. The molecule has 0 rings (SSSR count). The van der Waals surface area contributed by atoms with Gasteiger partial charge in [-0.15, -0.1) is 0 Å². The summed E-state index contributed by atoms with van der Waals surface area (Å²) in [6, 6.07) is 0. The molecule has 0 bridgehead atoms. The van der Waals surface area contributed by atoms with Gasteiger partial charge in [0.1, 0.15) is 0 Å². The van der Waals surface area contributed by atoms with Crippen LogP contribution >= 0.6 is 0 Å². The van der Waals surface area contributed by atoms with Crippen molar-refractivity contribution >= 4 is 0 Å². The zero-order valence-electron chi connectivity index (χ0n) is 19.4.